The number of methoxy groups -OCH3 is 2. The van der Waals surface area contributed by atoms with Crippen molar-refractivity contribution in [2.45, 2.75) is 6.54 Å². The molecule has 0 fully saturated rings. The minimum Gasteiger partial charge on any atom is -0.493 e. The smallest absolute Gasteiger partial charge is 0.250 e. The SMILES string of the molecule is COc1ccnc(Cn2cc(Br)ccc2=O)c1OC. The van der Waals surface area contributed by atoms with Crippen LogP contribution in [0, 0.1) is 0 Å². The monoisotopic (exact) mass is 324 g/mol. The lowest BCUT2D eigenvalue weighted by atomic mass is 10.3. The van der Waals surface area contributed by atoms with Gasteiger partial charge in [-0.15, -0.1) is 0 Å². The summed E-state index contributed by atoms with van der Waals surface area (Å²) >= 11 is 3.34. The van der Waals surface area contributed by atoms with E-state index in [0.29, 0.717) is 23.7 Å². The Morgan fingerprint density at radius 1 is 1.26 bits per heavy atom. The predicted molar refractivity (Wildman–Crippen MR) is 74.8 cm³/mol. The largest absolute Gasteiger partial charge is 0.493 e. The highest BCUT2D eigenvalue weighted by molar-refractivity contribution is 9.10. The van der Waals surface area contributed by atoms with Gasteiger partial charge in [0.05, 0.1) is 20.8 Å². The Bertz CT molecular complexity index is 640. The van der Waals surface area contributed by atoms with E-state index in [9.17, 15) is 4.79 Å². The number of rotatable bonds is 4. The van der Waals surface area contributed by atoms with E-state index in [4.69, 9.17) is 9.47 Å². The Morgan fingerprint density at radius 2 is 2.05 bits per heavy atom. The molecule has 2 rings (SSSR count). The molecule has 2 heterocycles. The molecule has 0 saturated carbocycles. The molecular weight excluding hydrogens is 312 g/mol. The molecule has 100 valence electrons. The van der Waals surface area contributed by atoms with Gasteiger partial charge in [-0.1, -0.05) is 0 Å². The summed E-state index contributed by atoms with van der Waals surface area (Å²) < 4.78 is 12.9. The minimum absolute atomic E-state index is 0.102. The summed E-state index contributed by atoms with van der Waals surface area (Å²) in [5, 5.41) is 0. The van der Waals surface area contributed by atoms with Crippen molar-refractivity contribution < 1.29 is 9.47 Å². The zero-order chi connectivity index (χ0) is 13.8. The van der Waals surface area contributed by atoms with Gasteiger partial charge in [0.1, 0.15) is 5.69 Å². The van der Waals surface area contributed by atoms with Crippen LogP contribution < -0.4 is 15.0 Å². The molecule has 0 atom stereocenters. The maximum Gasteiger partial charge on any atom is 0.250 e. The van der Waals surface area contributed by atoms with Crippen LogP contribution in [0.3, 0.4) is 0 Å². The quantitative estimate of drug-likeness (QED) is 0.864. The summed E-state index contributed by atoms with van der Waals surface area (Å²) in [5.74, 6) is 1.13. The van der Waals surface area contributed by atoms with E-state index in [2.05, 4.69) is 20.9 Å². The molecule has 0 radical (unpaired) electrons. The highest BCUT2D eigenvalue weighted by Crippen LogP contribution is 2.29. The summed E-state index contributed by atoms with van der Waals surface area (Å²) in [7, 11) is 3.11. The van der Waals surface area contributed by atoms with Gasteiger partial charge in [0.15, 0.2) is 11.5 Å². The van der Waals surface area contributed by atoms with Crippen molar-refractivity contribution >= 4 is 15.9 Å². The second kappa shape index (κ2) is 5.88. The van der Waals surface area contributed by atoms with Crippen molar-refractivity contribution in [1.29, 1.82) is 0 Å². The van der Waals surface area contributed by atoms with Gasteiger partial charge in [0, 0.05) is 29.0 Å². The summed E-state index contributed by atoms with van der Waals surface area (Å²) in [6.07, 6.45) is 3.34. The number of pyridine rings is 2. The van der Waals surface area contributed by atoms with Crippen molar-refractivity contribution in [3.63, 3.8) is 0 Å². The first-order valence-electron chi connectivity index (χ1n) is 5.57. The molecule has 0 amide bonds. The first kappa shape index (κ1) is 13.6. The lowest BCUT2D eigenvalue weighted by Crippen LogP contribution is -2.19. The normalized spacial score (nSPS) is 10.3. The van der Waals surface area contributed by atoms with E-state index < -0.39 is 0 Å². The molecule has 2 aromatic rings. The van der Waals surface area contributed by atoms with E-state index in [0.717, 1.165) is 4.47 Å². The lowest BCUT2D eigenvalue weighted by molar-refractivity contribution is 0.348. The van der Waals surface area contributed by atoms with Gasteiger partial charge < -0.3 is 14.0 Å². The second-order valence-corrected chi connectivity index (χ2v) is 4.72. The van der Waals surface area contributed by atoms with Crippen LogP contribution in [0.2, 0.25) is 0 Å². The summed E-state index contributed by atoms with van der Waals surface area (Å²) in [6, 6.07) is 4.91. The summed E-state index contributed by atoms with van der Waals surface area (Å²) in [6.45, 7) is 0.318. The van der Waals surface area contributed by atoms with Gasteiger partial charge in [0.25, 0.3) is 5.56 Å². The summed E-state index contributed by atoms with van der Waals surface area (Å²) in [5.41, 5.74) is 0.539. The molecule has 0 aliphatic carbocycles. The molecule has 0 aliphatic rings. The maximum atomic E-state index is 11.8. The molecule has 0 spiro atoms. The Kier molecular flexibility index (Phi) is 4.21. The van der Waals surface area contributed by atoms with Crippen molar-refractivity contribution in [3.8, 4) is 11.5 Å². The van der Waals surface area contributed by atoms with Crippen LogP contribution in [0.25, 0.3) is 0 Å². The number of aromatic nitrogens is 2. The van der Waals surface area contributed by atoms with Crippen LogP contribution in [-0.4, -0.2) is 23.8 Å². The molecule has 0 saturated heterocycles. The average molecular weight is 325 g/mol. The number of hydrogen-bond donors (Lipinski definition) is 0. The predicted octanol–water partition coefficient (Wildman–Crippen LogP) is 2.07. The molecule has 0 unspecified atom stereocenters. The molecule has 6 heteroatoms. The molecule has 0 aliphatic heterocycles. The van der Waals surface area contributed by atoms with Gasteiger partial charge >= 0.3 is 0 Å². The van der Waals surface area contributed by atoms with E-state index in [1.807, 2.05) is 0 Å². The Morgan fingerprint density at radius 3 is 2.74 bits per heavy atom. The average Bonchev–Trinajstić information content (AvgIpc) is 2.42. The van der Waals surface area contributed by atoms with E-state index >= 15 is 0 Å². The molecular formula is C13H13BrN2O3. The van der Waals surface area contributed by atoms with Crippen LogP contribution in [-0.2, 0) is 6.54 Å². The van der Waals surface area contributed by atoms with E-state index in [1.54, 1.807) is 43.3 Å². The van der Waals surface area contributed by atoms with Gasteiger partial charge in [-0.3, -0.25) is 9.78 Å². The highest BCUT2D eigenvalue weighted by atomic mass is 79.9. The van der Waals surface area contributed by atoms with Gasteiger partial charge in [0.2, 0.25) is 0 Å². The molecule has 19 heavy (non-hydrogen) atoms. The number of hydrogen-bond acceptors (Lipinski definition) is 4. The zero-order valence-electron chi connectivity index (χ0n) is 10.6. The maximum absolute atomic E-state index is 11.8. The number of ether oxygens (including phenoxy) is 2. The highest BCUT2D eigenvalue weighted by Gasteiger charge is 2.12. The van der Waals surface area contributed by atoms with Gasteiger partial charge in [-0.25, -0.2) is 0 Å². The Balaban J connectivity index is 2.43. The molecule has 0 bridgehead atoms. The minimum atomic E-state index is -0.102. The molecule has 0 N–H and O–H groups in total. The fourth-order valence-electron chi connectivity index (χ4n) is 1.75. The van der Waals surface area contributed by atoms with Gasteiger partial charge in [-0.2, -0.15) is 0 Å². The number of nitrogens with zero attached hydrogens (tertiary/aromatic N) is 2. The van der Waals surface area contributed by atoms with Crippen LogP contribution in [0.1, 0.15) is 5.69 Å². The van der Waals surface area contributed by atoms with Crippen LogP contribution in [0.15, 0.2) is 39.9 Å². The topological polar surface area (TPSA) is 53.4 Å². The fourth-order valence-corrected chi connectivity index (χ4v) is 2.13. The van der Waals surface area contributed by atoms with Crippen molar-refractivity contribution in [2.24, 2.45) is 0 Å². The van der Waals surface area contributed by atoms with Crippen LogP contribution in [0.4, 0.5) is 0 Å². The van der Waals surface area contributed by atoms with Crippen molar-refractivity contribution in [3.05, 3.63) is 51.1 Å². The lowest BCUT2D eigenvalue weighted by Gasteiger charge is -2.12. The van der Waals surface area contributed by atoms with Crippen LogP contribution >= 0.6 is 15.9 Å². The van der Waals surface area contributed by atoms with Crippen molar-refractivity contribution in [1.82, 2.24) is 9.55 Å². The third-order valence-electron chi connectivity index (χ3n) is 2.63. The second-order valence-electron chi connectivity index (χ2n) is 3.81. The molecule has 0 aromatic carbocycles. The fraction of sp³-hybridized carbons (Fsp3) is 0.231. The zero-order valence-corrected chi connectivity index (χ0v) is 12.2. The first-order chi connectivity index (χ1) is 9.15. The molecule has 5 nitrogen and oxygen atoms in total. The third kappa shape index (κ3) is 2.96. The van der Waals surface area contributed by atoms with E-state index in [-0.39, 0.29) is 5.56 Å². The Labute approximate surface area is 118 Å². The summed E-state index contributed by atoms with van der Waals surface area (Å²) in [4.78, 5) is 16.0. The van der Waals surface area contributed by atoms with Gasteiger partial charge in [-0.05, 0) is 22.0 Å². The third-order valence-corrected chi connectivity index (χ3v) is 3.10. The van der Waals surface area contributed by atoms with Crippen LogP contribution in [0.5, 0.6) is 11.5 Å². The number of halogens is 1. The molecule has 2 aromatic heterocycles. The standard InChI is InChI=1S/C13H13BrN2O3/c1-18-11-5-6-15-10(13(11)19-2)8-16-7-9(14)3-4-12(16)17/h3-7H,8H2,1-2H3. The Hall–Kier alpha value is -1.82. The van der Waals surface area contributed by atoms with E-state index in [1.165, 1.54) is 6.07 Å². The van der Waals surface area contributed by atoms with Crippen molar-refractivity contribution in [2.75, 3.05) is 14.2 Å². The first-order valence-corrected chi connectivity index (χ1v) is 6.37.